The number of aryl methyl sites for hydroxylation is 1. The molecule has 25 heavy (non-hydrogen) atoms. The van der Waals surface area contributed by atoms with E-state index in [4.69, 9.17) is 8.94 Å². The van der Waals surface area contributed by atoms with Gasteiger partial charge in [-0.3, -0.25) is 4.79 Å². The summed E-state index contributed by atoms with van der Waals surface area (Å²) >= 11 is 0. The number of hydrogen-bond acceptors (Lipinski definition) is 5. The third kappa shape index (κ3) is 3.01. The second-order valence-electron chi connectivity index (χ2n) is 5.70. The number of aromatic nitrogens is 3. The topological polar surface area (TPSA) is 74.1 Å². The molecule has 0 spiro atoms. The Labute approximate surface area is 143 Å². The van der Waals surface area contributed by atoms with Gasteiger partial charge in [0.05, 0.1) is 24.1 Å². The fourth-order valence-electron chi connectivity index (χ4n) is 2.63. The van der Waals surface area contributed by atoms with Crippen molar-refractivity contribution in [3.05, 3.63) is 82.5 Å². The largest absolute Gasteiger partial charge is 0.463 e. The second-order valence-corrected chi connectivity index (χ2v) is 5.70. The predicted molar refractivity (Wildman–Crippen MR) is 92.0 cm³/mol. The summed E-state index contributed by atoms with van der Waals surface area (Å²) < 4.78 is 12.2. The summed E-state index contributed by atoms with van der Waals surface area (Å²) in [6.07, 6.45) is 1.57. The van der Waals surface area contributed by atoms with Gasteiger partial charge in [0.15, 0.2) is 11.5 Å². The van der Waals surface area contributed by atoms with Crippen LogP contribution in [-0.4, -0.2) is 14.9 Å². The maximum absolute atomic E-state index is 12.6. The zero-order valence-corrected chi connectivity index (χ0v) is 13.5. The number of benzene rings is 1. The summed E-state index contributed by atoms with van der Waals surface area (Å²) in [5, 5.41) is 8.41. The molecule has 0 radical (unpaired) electrons. The molecule has 0 aliphatic rings. The van der Waals surface area contributed by atoms with Crippen LogP contribution in [0.3, 0.4) is 0 Å². The monoisotopic (exact) mass is 333 g/mol. The van der Waals surface area contributed by atoms with Crippen molar-refractivity contribution in [2.75, 3.05) is 0 Å². The lowest BCUT2D eigenvalue weighted by Gasteiger charge is -2.09. The number of nitrogens with zero attached hydrogens (tertiary/aromatic N) is 3. The molecule has 4 aromatic rings. The SMILES string of the molecule is Cc1cc(-c2cc(=O)n(Cc3ccccc3)nc2-c2ccco2)on1. The van der Waals surface area contributed by atoms with Crippen molar-refractivity contribution < 1.29 is 8.94 Å². The Kier molecular flexibility index (Phi) is 3.78. The highest BCUT2D eigenvalue weighted by molar-refractivity contribution is 5.74. The molecule has 6 nitrogen and oxygen atoms in total. The molecule has 0 aliphatic heterocycles. The van der Waals surface area contributed by atoms with Crippen molar-refractivity contribution in [3.8, 4) is 22.8 Å². The number of hydrogen-bond donors (Lipinski definition) is 0. The van der Waals surface area contributed by atoms with E-state index in [1.165, 1.54) is 10.7 Å². The van der Waals surface area contributed by atoms with E-state index < -0.39 is 0 Å². The molecule has 3 aromatic heterocycles. The first-order chi connectivity index (χ1) is 12.2. The minimum absolute atomic E-state index is 0.219. The molecule has 4 rings (SSSR count). The van der Waals surface area contributed by atoms with Crippen LogP contribution in [0.1, 0.15) is 11.3 Å². The summed E-state index contributed by atoms with van der Waals surface area (Å²) in [5.74, 6) is 1.05. The smallest absolute Gasteiger partial charge is 0.267 e. The molecule has 0 unspecified atom stereocenters. The third-order valence-corrected chi connectivity index (χ3v) is 3.82. The Bertz CT molecular complexity index is 1050. The van der Waals surface area contributed by atoms with Crippen molar-refractivity contribution in [1.29, 1.82) is 0 Å². The van der Waals surface area contributed by atoms with Gasteiger partial charge in [-0.15, -0.1) is 0 Å². The molecule has 0 saturated carbocycles. The molecule has 0 saturated heterocycles. The molecule has 124 valence electrons. The Balaban J connectivity index is 1.86. The zero-order valence-electron chi connectivity index (χ0n) is 13.5. The molecule has 0 aliphatic carbocycles. The van der Waals surface area contributed by atoms with E-state index in [0.717, 1.165) is 11.3 Å². The van der Waals surface area contributed by atoms with E-state index in [0.29, 0.717) is 29.3 Å². The van der Waals surface area contributed by atoms with Crippen molar-refractivity contribution >= 4 is 0 Å². The summed E-state index contributed by atoms with van der Waals surface area (Å²) in [7, 11) is 0. The minimum atomic E-state index is -0.219. The fourth-order valence-corrected chi connectivity index (χ4v) is 2.63. The normalized spacial score (nSPS) is 10.9. The van der Waals surface area contributed by atoms with Gasteiger partial charge in [-0.1, -0.05) is 35.5 Å². The lowest BCUT2D eigenvalue weighted by Crippen LogP contribution is -2.23. The molecule has 1 aromatic carbocycles. The van der Waals surface area contributed by atoms with E-state index in [9.17, 15) is 4.79 Å². The highest BCUT2D eigenvalue weighted by Crippen LogP contribution is 2.29. The summed E-state index contributed by atoms with van der Waals surface area (Å²) in [6.45, 7) is 2.20. The van der Waals surface area contributed by atoms with Gasteiger partial charge in [0.2, 0.25) is 0 Å². The van der Waals surface area contributed by atoms with E-state index in [1.54, 1.807) is 24.5 Å². The zero-order chi connectivity index (χ0) is 17.2. The summed E-state index contributed by atoms with van der Waals surface area (Å²) in [5.41, 5.74) is 2.60. The van der Waals surface area contributed by atoms with Crippen LogP contribution in [0.5, 0.6) is 0 Å². The number of furan rings is 1. The van der Waals surface area contributed by atoms with Gasteiger partial charge in [-0.2, -0.15) is 5.10 Å². The maximum Gasteiger partial charge on any atom is 0.267 e. The van der Waals surface area contributed by atoms with Crippen LogP contribution >= 0.6 is 0 Å². The first kappa shape index (κ1) is 15.1. The van der Waals surface area contributed by atoms with Gasteiger partial charge in [0, 0.05) is 12.1 Å². The van der Waals surface area contributed by atoms with Crippen LogP contribution in [0.4, 0.5) is 0 Å². The Morgan fingerprint density at radius 3 is 2.56 bits per heavy atom. The quantitative estimate of drug-likeness (QED) is 0.571. The van der Waals surface area contributed by atoms with Gasteiger partial charge in [0.1, 0.15) is 5.69 Å². The van der Waals surface area contributed by atoms with Crippen LogP contribution in [-0.2, 0) is 6.54 Å². The molecule has 6 heteroatoms. The second kappa shape index (κ2) is 6.24. The molecule has 3 heterocycles. The Morgan fingerprint density at radius 2 is 1.88 bits per heavy atom. The molecular weight excluding hydrogens is 318 g/mol. The highest BCUT2D eigenvalue weighted by Gasteiger charge is 2.18. The Hall–Kier alpha value is -3.41. The van der Waals surface area contributed by atoms with Crippen molar-refractivity contribution in [2.45, 2.75) is 13.5 Å². The number of rotatable bonds is 4. The molecule has 0 amide bonds. The van der Waals surface area contributed by atoms with Gasteiger partial charge in [-0.25, -0.2) is 4.68 Å². The lowest BCUT2D eigenvalue weighted by atomic mass is 10.1. The predicted octanol–water partition coefficient (Wildman–Crippen LogP) is 3.52. The Morgan fingerprint density at radius 1 is 1.04 bits per heavy atom. The first-order valence-corrected chi connectivity index (χ1v) is 7.84. The maximum atomic E-state index is 12.6. The minimum Gasteiger partial charge on any atom is -0.463 e. The average molecular weight is 333 g/mol. The molecule has 0 N–H and O–H groups in total. The van der Waals surface area contributed by atoms with Gasteiger partial charge < -0.3 is 8.94 Å². The van der Waals surface area contributed by atoms with Gasteiger partial charge in [0.25, 0.3) is 5.56 Å². The van der Waals surface area contributed by atoms with Crippen LogP contribution in [0.25, 0.3) is 22.8 Å². The summed E-state index contributed by atoms with van der Waals surface area (Å²) in [6, 6.07) is 16.6. The van der Waals surface area contributed by atoms with Crippen molar-refractivity contribution in [2.24, 2.45) is 0 Å². The molecule has 0 fully saturated rings. The van der Waals surface area contributed by atoms with Crippen molar-refractivity contribution in [3.63, 3.8) is 0 Å². The lowest BCUT2D eigenvalue weighted by molar-refractivity contribution is 0.426. The molecule has 0 atom stereocenters. The third-order valence-electron chi connectivity index (χ3n) is 3.82. The highest BCUT2D eigenvalue weighted by atomic mass is 16.5. The fraction of sp³-hybridized carbons (Fsp3) is 0.105. The van der Waals surface area contributed by atoms with E-state index in [2.05, 4.69) is 10.3 Å². The van der Waals surface area contributed by atoms with Crippen LogP contribution < -0.4 is 5.56 Å². The molecule has 0 bridgehead atoms. The summed E-state index contributed by atoms with van der Waals surface area (Å²) in [4.78, 5) is 12.6. The molecular formula is C19H15N3O3. The van der Waals surface area contributed by atoms with E-state index in [-0.39, 0.29) is 5.56 Å². The van der Waals surface area contributed by atoms with E-state index >= 15 is 0 Å². The van der Waals surface area contributed by atoms with Gasteiger partial charge >= 0.3 is 0 Å². The van der Waals surface area contributed by atoms with Gasteiger partial charge in [-0.05, 0) is 24.6 Å². The standard InChI is InChI=1S/C19H15N3O3/c1-13-10-17(25-21-13)15-11-18(23)22(12-14-6-3-2-4-7-14)20-19(15)16-8-5-9-24-16/h2-11H,12H2,1H3. The van der Waals surface area contributed by atoms with Crippen molar-refractivity contribution in [1.82, 2.24) is 14.9 Å². The first-order valence-electron chi connectivity index (χ1n) is 7.84. The van der Waals surface area contributed by atoms with Crippen LogP contribution in [0, 0.1) is 6.92 Å². The van der Waals surface area contributed by atoms with E-state index in [1.807, 2.05) is 37.3 Å². The van der Waals surface area contributed by atoms with Crippen LogP contribution in [0.15, 0.2) is 74.6 Å². The van der Waals surface area contributed by atoms with Crippen LogP contribution in [0.2, 0.25) is 0 Å². The average Bonchev–Trinajstić information content (AvgIpc) is 3.29.